The van der Waals surface area contributed by atoms with E-state index in [2.05, 4.69) is 88.4 Å². The molecule has 15 atom stereocenters. The largest absolute Gasteiger partial charge is 0.480 e. The number of aromatic amines is 1. The minimum absolute atomic E-state index is 0.00266. The van der Waals surface area contributed by atoms with Gasteiger partial charge in [-0.15, -0.1) is 0 Å². The van der Waals surface area contributed by atoms with Crippen molar-refractivity contribution in [1.29, 1.82) is 0 Å². The number of amides is 12. The summed E-state index contributed by atoms with van der Waals surface area (Å²) in [5.74, 6) is -13.7. The molecule has 12 amide bonds. The number of carboxylic acid groups (broad SMARTS) is 1. The predicted octanol–water partition coefficient (Wildman–Crippen LogP) is -4.50. The first-order valence-corrected chi connectivity index (χ1v) is 34.7. The average Bonchev–Trinajstić information content (AvgIpc) is 1.74. The molecule has 2 aromatic rings. The second-order valence-corrected chi connectivity index (χ2v) is 25.5. The van der Waals surface area contributed by atoms with Gasteiger partial charge in [-0.2, -0.15) is 25.3 Å². The first-order chi connectivity index (χ1) is 46.9. The Morgan fingerprint density at radius 2 is 1.08 bits per heavy atom. The minimum Gasteiger partial charge on any atom is -0.480 e. The van der Waals surface area contributed by atoms with Crippen LogP contribution in [0.15, 0.2) is 35.5 Å². The van der Waals surface area contributed by atoms with E-state index in [0.29, 0.717) is 44.1 Å². The van der Waals surface area contributed by atoms with Gasteiger partial charge in [-0.05, 0) is 115 Å². The lowest BCUT2D eigenvalue weighted by Crippen LogP contribution is -2.62. The van der Waals surface area contributed by atoms with Gasteiger partial charge >= 0.3 is 5.97 Å². The van der Waals surface area contributed by atoms with Crippen LogP contribution in [0, 0.1) is 11.8 Å². The lowest BCUT2D eigenvalue weighted by Gasteiger charge is -2.33. The summed E-state index contributed by atoms with van der Waals surface area (Å²) in [4.78, 5) is 187. The SMILES string of the molecule is CC[C@H](C)[C@H](NC(=O)[C@H](C)NC(=O)[C@H](Cc1c[nH]c2ccccc12)NC(=O)[C@H](CS)NC(=O)[C@@H](N)[C@@H](C)O)C(=O)N[C@@H](CS)C(=O)N[C@@H](CCCCN)C(=O)N[C@@H](CCCN=C(N)N)C(=O)N[C@H](C(=O)N1CCC[C@H]1C(=O)N[C@@H](CC(N)=O)C(=O)N[C@@H](CCCCN)C(=O)O)[C@@H](C)CC. The molecule has 1 saturated heterocycles. The van der Waals surface area contributed by atoms with E-state index in [4.69, 9.17) is 34.4 Å². The van der Waals surface area contributed by atoms with Crippen LogP contribution in [0.2, 0.25) is 0 Å². The highest BCUT2D eigenvalue weighted by atomic mass is 32.1. The van der Waals surface area contributed by atoms with Crippen LogP contribution in [0.4, 0.5) is 0 Å². The maximum Gasteiger partial charge on any atom is 0.326 e. The number of para-hydroxylation sites is 1. The lowest BCUT2D eigenvalue weighted by molar-refractivity contribution is -0.144. The molecule has 0 spiro atoms. The quantitative estimate of drug-likeness (QED) is 0.0129. The third-order valence-electron chi connectivity index (χ3n) is 17.1. The molecule has 0 unspecified atom stereocenters. The zero-order valence-corrected chi connectivity index (χ0v) is 58.9. The van der Waals surface area contributed by atoms with E-state index in [9.17, 15) is 72.5 Å². The van der Waals surface area contributed by atoms with Crippen LogP contribution < -0.4 is 87.6 Å². The van der Waals surface area contributed by atoms with E-state index in [1.54, 1.807) is 52.1 Å². The molecular weight excluding hydrogens is 1330 g/mol. The van der Waals surface area contributed by atoms with Crippen LogP contribution in [-0.4, -0.2) is 219 Å². The number of hydrogen-bond acceptors (Lipinski definition) is 20. The normalized spacial score (nSPS) is 17.1. The molecule has 0 radical (unpaired) electrons. The zero-order chi connectivity index (χ0) is 74.2. The summed E-state index contributed by atoms with van der Waals surface area (Å²) in [5, 5.41) is 46.3. The van der Waals surface area contributed by atoms with Crippen LogP contribution in [0.25, 0.3) is 10.9 Å². The maximum absolute atomic E-state index is 14.7. The number of thiol groups is 2. The number of nitrogens with two attached hydrogens (primary N) is 6. The number of rotatable bonds is 45. The molecular formula is C63H105N19O15S2. The van der Waals surface area contributed by atoms with Gasteiger partial charge in [-0.1, -0.05) is 58.7 Å². The number of carbonyl (C=O) groups excluding carboxylic acids is 12. The van der Waals surface area contributed by atoms with Crippen LogP contribution in [0.3, 0.4) is 0 Å². The van der Waals surface area contributed by atoms with Crippen LogP contribution in [0.5, 0.6) is 0 Å². The van der Waals surface area contributed by atoms with Crippen molar-refractivity contribution in [2.45, 2.75) is 210 Å². The molecule has 36 heteroatoms. The van der Waals surface area contributed by atoms with Gasteiger partial charge in [0.15, 0.2) is 5.96 Å². The summed E-state index contributed by atoms with van der Waals surface area (Å²) in [6, 6.07) is -9.31. The van der Waals surface area contributed by atoms with Crippen molar-refractivity contribution in [3.63, 3.8) is 0 Å². The summed E-state index contributed by atoms with van der Waals surface area (Å²) in [5.41, 5.74) is 35.1. The number of likely N-dealkylation sites (tertiary alicyclic amines) is 1. The number of aliphatic carboxylic acids is 1. The number of nitrogens with one attached hydrogen (secondary N) is 11. The van der Waals surface area contributed by atoms with Crippen LogP contribution >= 0.6 is 25.3 Å². The summed E-state index contributed by atoms with van der Waals surface area (Å²) in [6.07, 6.45) is 2.13. The number of carbonyl (C=O) groups is 13. The van der Waals surface area contributed by atoms with Gasteiger partial charge in [0.25, 0.3) is 0 Å². The van der Waals surface area contributed by atoms with Gasteiger partial charge in [0, 0.05) is 48.1 Å². The zero-order valence-electron chi connectivity index (χ0n) is 57.1. The summed E-state index contributed by atoms with van der Waals surface area (Å²) in [7, 11) is 0. The number of benzene rings is 1. The second-order valence-electron chi connectivity index (χ2n) is 24.8. The topological polar surface area (TPSA) is 570 Å². The standard InChI is InChI=1S/C63H105N19O15S2/c1-7-32(3)49(80-51(85)34(5)72-54(88)42(27-36-29-71-38-18-10-9-17-37(36)38)76-57(91)44(30-98)78-59(93)48(67)35(6)83)60(94)79-45(31-99)56(90)74-39(19-11-13-23-64)52(86)73-40(21-15-25-70-63(68)69)53(87)81-50(33(4)8-2)61(95)82-26-16-22-46(82)58(92)77-43(28-47(66)84)55(89)75-41(62(96)97)20-12-14-24-65/h9-10,17-18,29,32-35,39-46,48-50,71,83,98-99H,7-8,11-16,19-28,30-31,64-65,67H2,1-6H3,(H2,66,84)(H,72,88)(H,73,86)(H,74,90)(H,75,89)(H,76,91)(H,77,92)(H,78,93)(H,79,94)(H,80,85)(H,81,87)(H,96,97)(H4,68,69,70)/t32-,33-,34-,35+,39-,40-,41-,42-,43-,44-,45-,46-,48-,49-,50-/m0/s1. The van der Waals surface area contributed by atoms with E-state index in [0.717, 1.165) is 10.9 Å². The van der Waals surface area contributed by atoms with Gasteiger partial charge in [0.1, 0.15) is 72.5 Å². The van der Waals surface area contributed by atoms with Gasteiger partial charge in [-0.25, -0.2) is 4.79 Å². The smallest absolute Gasteiger partial charge is 0.326 e. The number of nitrogens with zero attached hydrogens (tertiary/aromatic N) is 2. The van der Waals surface area contributed by atoms with Crippen LogP contribution in [0.1, 0.15) is 131 Å². The molecule has 2 heterocycles. The maximum atomic E-state index is 14.7. The number of guanidine groups is 1. The first-order valence-electron chi connectivity index (χ1n) is 33.4. The Morgan fingerprint density at radius 1 is 0.596 bits per heavy atom. The Kier molecular flexibility index (Phi) is 37.1. The number of aliphatic imine (C=N–C) groups is 1. The van der Waals surface area contributed by atoms with Crippen molar-refractivity contribution in [1.82, 2.24) is 63.1 Å². The first kappa shape index (κ1) is 84.9. The highest BCUT2D eigenvalue weighted by Crippen LogP contribution is 2.24. The minimum atomic E-state index is -1.62. The number of fused-ring (bicyclic) bond motifs is 1. The Morgan fingerprint density at radius 3 is 1.63 bits per heavy atom. The molecule has 0 aliphatic carbocycles. The average molecular weight is 1430 g/mol. The van der Waals surface area contributed by atoms with E-state index < -0.39 is 174 Å². The predicted molar refractivity (Wildman–Crippen MR) is 375 cm³/mol. The van der Waals surface area contributed by atoms with Gasteiger partial charge < -0.3 is 108 Å². The van der Waals surface area contributed by atoms with E-state index >= 15 is 0 Å². The molecule has 1 aromatic heterocycles. The molecule has 554 valence electrons. The molecule has 3 rings (SSSR count). The molecule has 1 aliphatic heterocycles. The number of carboxylic acids is 1. The molecule has 1 fully saturated rings. The molecule has 34 nitrogen and oxygen atoms in total. The summed E-state index contributed by atoms with van der Waals surface area (Å²) in [6.45, 7) is 10.0. The Hall–Kier alpha value is -8.32. The number of aliphatic hydroxyl groups is 1. The number of hydrogen-bond donors (Lipinski definition) is 21. The third-order valence-corrected chi connectivity index (χ3v) is 17.8. The fourth-order valence-corrected chi connectivity index (χ4v) is 11.2. The highest BCUT2D eigenvalue weighted by Gasteiger charge is 2.42. The van der Waals surface area contributed by atoms with E-state index in [1.807, 2.05) is 6.07 Å². The fraction of sp³-hybridized carbons (Fsp3) is 0.651. The van der Waals surface area contributed by atoms with Gasteiger partial charge in [0.05, 0.1) is 12.5 Å². The van der Waals surface area contributed by atoms with Gasteiger partial charge in [-0.3, -0.25) is 62.5 Å². The number of unbranched alkanes of at least 4 members (excludes halogenated alkanes) is 2. The molecule has 99 heavy (non-hydrogen) atoms. The molecule has 0 saturated carbocycles. The van der Waals surface area contributed by atoms with Gasteiger partial charge in [0.2, 0.25) is 70.9 Å². The lowest BCUT2D eigenvalue weighted by atomic mass is 9.96. The monoisotopic (exact) mass is 1430 g/mol. The Balaban J connectivity index is 1.87. The molecule has 0 bridgehead atoms. The number of aromatic nitrogens is 1. The van der Waals surface area contributed by atoms with E-state index in [1.165, 1.54) is 18.7 Å². The Labute approximate surface area is 587 Å². The summed E-state index contributed by atoms with van der Waals surface area (Å²) < 4.78 is 0. The van der Waals surface area contributed by atoms with Crippen LogP contribution in [-0.2, 0) is 68.7 Å². The highest BCUT2D eigenvalue weighted by molar-refractivity contribution is 7.80. The fourth-order valence-electron chi connectivity index (χ4n) is 10.7. The van der Waals surface area contributed by atoms with Crippen molar-refractivity contribution in [3.8, 4) is 0 Å². The van der Waals surface area contributed by atoms with Crippen molar-refractivity contribution < 1.29 is 72.5 Å². The van der Waals surface area contributed by atoms with Crippen molar-refractivity contribution in [2.75, 3.05) is 37.7 Å². The number of primary amides is 1. The third kappa shape index (κ3) is 27.4. The molecule has 25 N–H and O–H groups in total. The van der Waals surface area contributed by atoms with E-state index in [-0.39, 0.29) is 88.6 Å². The van der Waals surface area contributed by atoms with Crippen molar-refractivity contribution >= 4 is 119 Å². The summed E-state index contributed by atoms with van der Waals surface area (Å²) >= 11 is 8.57. The number of aliphatic hydroxyl groups excluding tert-OH is 1. The number of H-pyrrole nitrogens is 1. The second kappa shape index (κ2) is 43.3. The molecule has 1 aliphatic rings. The Bertz CT molecular complexity index is 3100. The van der Waals surface area contributed by atoms with Crippen molar-refractivity contribution in [3.05, 3.63) is 36.0 Å². The molecule has 1 aromatic carbocycles. The van der Waals surface area contributed by atoms with Crippen molar-refractivity contribution in [2.24, 2.45) is 51.2 Å².